The number of halogens is 1. The maximum absolute atomic E-state index is 13.4. The van der Waals surface area contributed by atoms with E-state index in [4.69, 9.17) is 4.74 Å². The molecule has 3 rings (SSSR count). The minimum Gasteiger partial charge on any atom is -0.481 e. The Morgan fingerprint density at radius 3 is 2.76 bits per heavy atom. The van der Waals surface area contributed by atoms with E-state index in [9.17, 15) is 14.0 Å². The normalized spacial score (nSPS) is 14.6. The van der Waals surface area contributed by atoms with Gasteiger partial charge < -0.3 is 15.4 Å². The van der Waals surface area contributed by atoms with Crippen LogP contribution in [0.3, 0.4) is 0 Å². The number of nitrogens with one attached hydrogen (secondary N) is 2. The number of fused-ring (bicyclic) bond motifs is 1. The fourth-order valence-electron chi connectivity index (χ4n) is 2.69. The van der Waals surface area contributed by atoms with Crippen LogP contribution >= 0.6 is 0 Å². The summed E-state index contributed by atoms with van der Waals surface area (Å²) in [4.78, 5) is 23.8. The maximum atomic E-state index is 13.4. The number of para-hydroxylation sites is 1. The van der Waals surface area contributed by atoms with Crippen LogP contribution in [0, 0.1) is 5.82 Å². The first kappa shape index (κ1) is 17.0. The van der Waals surface area contributed by atoms with Gasteiger partial charge >= 0.3 is 0 Å². The van der Waals surface area contributed by atoms with E-state index in [0.29, 0.717) is 6.54 Å². The second kappa shape index (κ2) is 6.55. The number of carbonyl (C=O) groups is 2. The molecule has 0 atom stereocenters. The van der Waals surface area contributed by atoms with Crippen molar-refractivity contribution in [3.05, 3.63) is 59.4 Å². The maximum Gasteiger partial charge on any atom is 0.258 e. The summed E-state index contributed by atoms with van der Waals surface area (Å²) in [6.07, 6.45) is 0. The second-order valence-electron chi connectivity index (χ2n) is 6.45. The van der Waals surface area contributed by atoms with Crippen LogP contribution in [-0.4, -0.2) is 18.4 Å². The topological polar surface area (TPSA) is 67.4 Å². The summed E-state index contributed by atoms with van der Waals surface area (Å²) in [5.74, 6) is -0.853. The van der Waals surface area contributed by atoms with Crippen molar-refractivity contribution in [2.45, 2.75) is 25.8 Å². The smallest absolute Gasteiger partial charge is 0.258 e. The quantitative estimate of drug-likeness (QED) is 0.878. The molecule has 0 unspecified atom stereocenters. The van der Waals surface area contributed by atoms with Gasteiger partial charge in [-0.1, -0.05) is 24.3 Å². The van der Waals surface area contributed by atoms with E-state index in [0.717, 1.165) is 16.8 Å². The summed E-state index contributed by atoms with van der Waals surface area (Å²) >= 11 is 0. The molecule has 0 saturated carbocycles. The molecule has 25 heavy (non-hydrogen) atoms. The molecule has 0 aliphatic carbocycles. The van der Waals surface area contributed by atoms with E-state index < -0.39 is 11.2 Å². The Morgan fingerprint density at radius 2 is 2.00 bits per heavy atom. The SMILES string of the molecule is CC1(C)C(=O)Nc2ccc(CNC(=O)COc3ccccc3F)cc21. The van der Waals surface area contributed by atoms with Gasteiger partial charge in [-0.25, -0.2) is 4.39 Å². The largest absolute Gasteiger partial charge is 0.481 e. The first-order valence-electron chi connectivity index (χ1n) is 7.97. The zero-order chi connectivity index (χ0) is 18.0. The van der Waals surface area contributed by atoms with Crippen molar-refractivity contribution in [2.24, 2.45) is 0 Å². The van der Waals surface area contributed by atoms with Gasteiger partial charge in [-0.2, -0.15) is 0 Å². The number of amides is 2. The molecule has 0 radical (unpaired) electrons. The van der Waals surface area contributed by atoms with Crippen molar-refractivity contribution in [1.82, 2.24) is 5.32 Å². The zero-order valence-electron chi connectivity index (χ0n) is 14.1. The van der Waals surface area contributed by atoms with Gasteiger partial charge in [0.25, 0.3) is 5.91 Å². The average Bonchev–Trinajstić information content (AvgIpc) is 2.81. The number of rotatable bonds is 5. The highest BCUT2D eigenvalue weighted by atomic mass is 19.1. The van der Waals surface area contributed by atoms with Crippen molar-refractivity contribution < 1.29 is 18.7 Å². The van der Waals surface area contributed by atoms with Gasteiger partial charge in [0.1, 0.15) is 0 Å². The summed E-state index contributed by atoms with van der Waals surface area (Å²) in [6, 6.07) is 11.5. The summed E-state index contributed by atoms with van der Waals surface area (Å²) < 4.78 is 18.6. The van der Waals surface area contributed by atoms with Crippen LogP contribution in [0.5, 0.6) is 5.75 Å². The summed E-state index contributed by atoms with van der Waals surface area (Å²) in [6.45, 7) is 3.76. The van der Waals surface area contributed by atoms with E-state index in [1.807, 2.05) is 32.0 Å². The Morgan fingerprint density at radius 1 is 1.24 bits per heavy atom. The predicted molar refractivity (Wildman–Crippen MR) is 91.8 cm³/mol. The van der Waals surface area contributed by atoms with Crippen LogP contribution in [0.15, 0.2) is 42.5 Å². The number of anilines is 1. The standard InChI is InChI=1S/C19H19FN2O3/c1-19(2)13-9-12(7-8-15(13)22-18(19)24)10-21-17(23)11-25-16-6-4-3-5-14(16)20/h3-9H,10-11H2,1-2H3,(H,21,23)(H,22,24). The Kier molecular flexibility index (Phi) is 4.44. The summed E-state index contributed by atoms with van der Waals surface area (Å²) in [5, 5.41) is 5.57. The van der Waals surface area contributed by atoms with Gasteiger partial charge in [-0.3, -0.25) is 9.59 Å². The monoisotopic (exact) mass is 342 g/mol. The molecule has 130 valence electrons. The van der Waals surface area contributed by atoms with Gasteiger partial charge in [0.15, 0.2) is 18.2 Å². The van der Waals surface area contributed by atoms with Gasteiger partial charge in [0.2, 0.25) is 5.91 Å². The van der Waals surface area contributed by atoms with Crippen molar-refractivity contribution in [2.75, 3.05) is 11.9 Å². The van der Waals surface area contributed by atoms with Crippen molar-refractivity contribution in [3.63, 3.8) is 0 Å². The third-order valence-corrected chi connectivity index (χ3v) is 4.26. The molecule has 2 amide bonds. The fraction of sp³-hybridized carbons (Fsp3) is 0.263. The lowest BCUT2D eigenvalue weighted by Gasteiger charge is -2.16. The first-order valence-corrected chi connectivity index (χ1v) is 7.97. The fourth-order valence-corrected chi connectivity index (χ4v) is 2.69. The van der Waals surface area contributed by atoms with Crippen molar-refractivity contribution in [3.8, 4) is 5.75 Å². The highest BCUT2D eigenvalue weighted by Gasteiger charge is 2.38. The Hall–Kier alpha value is -2.89. The van der Waals surface area contributed by atoms with Gasteiger partial charge in [0, 0.05) is 12.2 Å². The van der Waals surface area contributed by atoms with Crippen LogP contribution in [0.2, 0.25) is 0 Å². The van der Waals surface area contributed by atoms with E-state index in [2.05, 4.69) is 10.6 Å². The Labute approximate surface area is 145 Å². The zero-order valence-corrected chi connectivity index (χ0v) is 14.1. The van der Waals surface area contributed by atoms with Crippen LogP contribution in [0.1, 0.15) is 25.0 Å². The molecule has 2 N–H and O–H groups in total. The van der Waals surface area contributed by atoms with Crippen LogP contribution in [0.4, 0.5) is 10.1 Å². The lowest BCUT2D eigenvalue weighted by Crippen LogP contribution is -2.29. The summed E-state index contributed by atoms with van der Waals surface area (Å²) in [7, 11) is 0. The Balaban J connectivity index is 1.58. The molecule has 2 aromatic carbocycles. The predicted octanol–water partition coefficient (Wildman–Crippen LogP) is 2.75. The molecule has 0 spiro atoms. The average molecular weight is 342 g/mol. The molecule has 0 saturated heterocycles. The first-order chi connectivity index (χ1) is 11.9. The molecule has 1 aliphatic heterocycles. The minimum absolute atomic E-state index is 0.0398. The highest BCUT2D eigenvalue weighted by molar-refractivity contribution is 6.05. The van der Waals surface area contributed by atoms with E-state index in [1.165, 1.54) is 12.1 Å². The van der Waals surface area contributed by atoms with Crippen molar-refractivity contribution in [1.29, 1.82) is 0 Å². The second-order valence-corrected chi connectivity index (χ2v) is 6.45. The summed E-state index contributed by atoms with van der Waals surface area (Å²) in [5.41, 5.74) is 1.99. The molecule has 5 nitrogen and oxygen atoms in total. The number of hydrogen-bond acceptors (Lipinski definition) is 3. The molecule has 2 aromatic rings. The number of hydrogen-bond donors (Lipinski definition) is 2. The van der Waals surface area contributed by atoms with E-state index >= 15 is 0 Å². The lowest BCUT2D eigenvalue weighted by molar-refractivity contribution is -0.123. The molecule has 1 aliphatic rings. The Bertz CT molecular complexity index is 833. The number of benzene rings is 2. The van der Waals surface area contributed by atoms with Crippen LogP contribution in [0.25, 0.3) is 0 Å². The molecule has 0 bridgehead atoms. The van der Waals surface area contributed by atoms with Crippen molar-refractivity contribution >= 4 is 17.5 Å². The molecular weight excluding hydrogens is 323 g/mol. The van der Waals surface area contributed by atoms with E-state index in [1.54, 1.807) is 12.1 Å². The van der Waals surface area contributed by atoms with Gasteiger partial charge in [0.05, 0.1) is 5.41 Å². The third kappa shape index (κ3) is 3.47. The lowest BCUT2D eigenvalue weighted by atomic mass is 9.85. The molecular formula is C19H19FN2O3. The highest BCUT2D eigenvalue weighted by Crippen LogP contribution is 2.37. The van der Waals surface area contributed by atoms with E-state index in [-0.39, 0.29) is 24.2 Å². The molecule has 6 heteroatoms. The number of carbonyl (C=O) groups excluding carboxylic acids is 2. The number of ether oxygens (including phenoxy) is 1. The minimum atomic E-state index is -0.594. The van der Waals surface area contributed by atoms with Crippen LogP contribution in [-0.2, 0) is 21.5 Å². The van der Waals surface area contributed by atoms with Gasteiger partial charge in [-0.15, -0.1) is 0 Å². The van der Waals surface area contributed by atoms with Crippen LogP contribution < -0.4 is 15.4 Å². The third-order valence-electron chi connectivity index (χ3n) is 4.26. The molecule has 0 aromatic heterocycles. The molecule has 1 heterocycles. The van der Waals surface area contributed by atoms with Gasteiger partial charge in [-0.05, 0) is 43.2 Å². The molecule has 0 fully saturated rings.